The number of piperidine rings is 1. The number of nitrogens with two attached hydrogens (primary N) is 1. The number of nitrogen functional groups attached to an aromatic ring is 1. The zero-order valence-electron chi connectivity index (χ0n) is 22.7. The van der Waals surface area contributed by atoms with E-state index in [1.54, 1.807) is 6.07 Å². The number of fused-ring (bicyclic) bond motifs is 5. The predicted octanol–water partition coefficient (Wildman–Crippen LogP) is 5.17. The molecule has 220 valence electrons. The third kappa shape index (κ3) is 4.21. The Morgan fingerprint density at radius 3 is 2.90 bits per heavy atom. The molecule has 3 N–H and O–H groups in total. The van der Waals surface area contributed by atoms with Crippen LogP contribution in [-0.4, -0.2) is 76.9 Å². The number of thiazole rings is 1. The van der Waals surface area contributed by atoms with E-state index >= 15 is 4.39 Å². The first kappa shape index (κ1) is 26.7. The first-order valence-electron chi connectivity index (χ1n) is 14.3. The van der Waals surface area contributed by atoms with Crippen molar-refractivity contribution in [3.05, 3.63) is 34.9 Å². The maximum atomic E-state index is 16.7. The molecule has 4 aromatic rings. The molecule has 42 heavy (non-hydrogen) atoms. The number of anilines is 2. The van der Waals surface area contributed by atoms with Crippen LogP contribution in [0.1, 0.15) is 25.7 Å². The van der Waals surface area contributed by atoms with Crippen LogP contribution in [0.2, 0.25) is 5.02 Å². The first-order chi connectivity index (χ1) is 20.3. The van der Waals surface area contributed by atoms with Crippen LogP contribution >= 0.6 is 22.9 Å². The summed E-state index contributed by atoms with van der Waals surface area (Å²) in [6.07, 6.45) is 2.41. The number of benzene rings is 2. The highest BCUT2D eigenvalue weighted by Gasteiger charge is 2.49. The average molecular weight is 616 g/mol. The highest BCUT2D eigenvalue weighted by molar-refractivity contribution is 7.22. The van der Waals surface area contributed by atoms with E-state index in [0.717, 1.165) is 50.2 Å². The fraction of sp³-hybridized carbons (Fsp3) is 0.483. The van der Waals surface area contributed by atoms with E-state index in [1.165, 1.54) is 12.1 Å². The summed E-state index contributed by atoms with van der Waals surface area (Å²) < 4.78 is 52.1. The minimum absolute atomic E-state index is 0.0428. The summed E-state index contributed by atoms with van der Waals surface area (Å²) in [5, 5.41) is 4.32. The molecule has 0 radical (unpaired) electrons. The molecule has 3 unspecified atom stereocenters. The molecule has 4 saturated heterocycles. The summed E-state index contributed by atoms with van der Waals surface area (Å²) in [4.78, 5) is 18.0. The molecule has 0 spiro atoms. The smallest absolute Gasteiger partial charge is 0.319 e. The zero-order chi connectivity index (χ0) is 28.7. The topological polar surface area (TPSA) is 92.4 Å². The quantitative estimate of drug-likeness (QED) is 0.318. The molecule has 8 rings (SSSR count). The number of alkyl halides is 1. The van der Waals surface area contributed by atoms with Gasteiger partial charge in [-0.2, -0.15) is 9.97 Å². The van der Waals surface area contributed by atoms with Crippen molar-refractivity contribution < 1.29 is 17.9 Å². The maximum Gasteiger partial charge on any atom is 0.319 e. The summed E-state index contributed by atoms with van der Waals surface area (Å²) in [5.41, 5.74) is 6.17. The molecule has 13 heteroatoms. The molecule has 2 aromatic carbocycles. The number of nitrogens with one attached hydrogen (secondary N) is 1. The van der Waals surface area contributed by atoms with Crippen molar-refractivity contribution in [2.24, 2.45) is 5.92 Å². The number of hydrogen-bond acceptors (Lipinski definition) is 9. The molecular weight excluding hydrogens is 587 g/mol. The monoisotopic (exact) mass is 615 g/mol. The van der Waals surface area contributed by atoms with Gasteiger partial charge in [0.25, 0.3) is 0 Å². The molecule has 0 saturated carbocycles. The average Bonchev–Trinajstić information content (AvgIpc) is 3.70. The van der Waals surface area contributed by atoms with Crippen LogP contribution in [-0.2, 0) is 0 Å². The van der Waals surface area contributed by atoms with Gasteiger partial charge in [0.05, 0.1) is 20.8 Å². The van der Waals surface area contributed by atoms with E-state index in [1.807, 2.05) is 0 Å². The van der Waals surface area contributed by atoms with Gasteiger partial charge in [-0.25, -0.2) is 18.2 Å². The van der Waals surface area contributed by atoms with Gasteiger partial charge in [0.2, 0.25) is 0 Å². The number of hydrogen-bond donors (Lipinski definition) is 2. The SMILES string of the molecule is Nc1nc2c(-c3c(Cl)cc4c(N5CC6CNC(C6)C5)nc(OCC56CCCN5C[C@H](F)C6)nc4c3F)ccc(F)c2s1. The Bertz CT molecular complexity index is 1730. The fourth-order valence-corrected chi connectivity index (χ4v) is 8.62. The van der Waals surface area contributed by atoms with Crippen molar-refractivity contribution in [2.75, 3.05) is 50.0 Å². The van der Waals surface area contributed by atoms with E-state index in [0.29, 0.717) is 48.2 Å². The Morgan fingerprint density at radius 2 is 2.05 bits per heavy atom. The Balaban J connectivity index is 1.27. The molecule has 0 amide bonds. The van der Waals surface area contributed by atoms with Gasteiger partial charge in [0.15, 0.2) is 10.9 Å². The number of rotatable bonds is 5. The Kier molecular flexibility index (Phi) is 6.22. The predicted molar refractivity (Wildman–Crippen MR) is 158 cm³/mol. The standard InChI is InChI=1S/C29H29ClF3N7OS/c30-19-7-18-23(22(33)21(19)17-2-3-20(32)25-24(17)36-27(34)42-25)37-28(38-26(18)39-10-14-6-16(12-39)35-9-14)41-13-29-4-1-5-40(29)11-15(31)8-29/h2-3,7,14-16,35H,1,4-6,8-13H2,(H2,34,36)/t14?,15-,16?,29?/m1/s1. The second-order valence-corrected chi connectivity index (χ2v) is 13.5. The number of halogens is 4. The van der Waals surface area contributed by atoms with Crippen molar-refractivity contribution in [1.82, 2.24) is 25.2 Å². The lowest BCUT2D eigenvalue weighted by atomic mass is 9.95. The highest BCUT2D eigenvalue weighted by Crippen LogP contribution is 2.44. The summed E-state index contributed by atoms with van der Waals surface area (Å²) in [6.45, 7) is 3.85. The minimum Gasteiger partial charge on any atom is -0.461 e. The van der Waals surface area contributed by atoms with Gasteiger partial charge in [-0.1, -0.05) is 22.9 Å². The summed E-state index contributed by atoms with van der Waals surface area (Å²) in [5.74, 6) is -0.157. The number of nitrogens with zero attached hydrogens (tertiary/aromatic N) is 5. The fourth-order valence-electron chi connectivity index (χ4n) is 7.56. The molecule has 2 bridgehead atoms. The van der Waals surface area contributed by atoms with Gasteiger partial charge < -0.3 is 20.7 Å². The van der Waals surface area contributed by atoms with E-state index in [2.05, 4.69) is 25.1 Å². The Hall–Kier alpha value is -2.93. The van der Waals surface area contributed by atoms with Crippen LogP contribution in [0.25, 0.3) is 32.2 Å². The zero-order valence-corrected chi connectivity index (χ0v) is 24.2. The van der Waals surface area contributed by atoms with Crippen molar-refractivity contribution in [2.45, 2.75) is 43.4 Å². The molecule has 4 aliphatic heterocycles. The molecule has 0 aliphatic carbocycles. The van der Waals surface area contributed by atoms with E-state index in [4.69, 9.17) is 27.1 Å². The lowest BCUT2D eigenvalue weighted by Gasteiger charge is -2.33. The van der Waals surface area contributed by atoms with Gasteiger partial charge in [-0.15, -0.1) is 0 Å². The lowest BCUT2D eigenvalue weighted by Crippen LogP contribution is -2.44. The van der Waals surface area contributed by atoms with Crippen LogP contribution in [0.5, 0.6) is 6.01 Å². The molecule has 6 heterocycles. The molecule has 4 aliphatic rings. The van der Waals surface area contributed by atoms with Crippen LogP contribution < -0.4 is 20.7 Å². The third-order valence-electron chi connectivity index (χ3n) is 9.39. The summed E-state index contributed by atoms with van der Waals surface area (Å²) in [6, 6.07) is 4.75. The Labute approximate surface area is 249 Å². The second-order valence-electron chi connectivity index (χ2n) is 12.1. The van der Waals surface area contributed by atoms with Gasteiger partial charge in [-0.05, 0) is 49.9 Å². The van der Waals surface area contributed by atoms with Crippen LogP contribution in [0.15, 0.2) is 18.2 Å². The maximum absolute atomic E-state index is 16.7. The summed E-state index contributed by atoms with van der Waals surface area (Å²) in [7, 11) is 0. The first-order valence-corrected chi connectivity index (χ1v) is 15.5. The van der Waals surface area contributed by atoms with E-state index in [-0.39, 0.29) is 44.1 Å². The Morgan fingerprint density at radius 1 is 1.17 bits per heavy atom. The second kappa shape index (κ2) is 9.80. The van der Waals surface area contributed by atoms with Gasteiger partial charge in [-0.3, -0.25) is 4.90 Å². The molecule has 4 atom stereocenters. The normalized spacial score (nSPS) is 27.4. The van der Waals surface area contributed by atoms with E-state index in [9.17, 15) is 8.78 Å². The molecule has 2 aromatic heterocycles. The largest absolute Gasteiger partial charge is 0.461 e. The van der Waals surface area contributed by atoms with Crippen LogP contribution in [0.3, 0.4) is 0 Å². The van der Waals surface area contributed by atoms with Crippen molar-refractivity contribution in [1.29, 1.82) is 0 Å². The van der Waals surface area contributed by atoms with E-state index < -0.39 is 23.3 Å². The van der Waals surface area contributed by atoms with Crippen molar-refractivity contribution in [3.63, 3.8) is 0 Å². The molecule has 8 nitrogen and oxygen atoms in total. The number of aromatic nitrogens is 3. The third-order valence-corrected chi connectivity index (χ3v) is 10.6. The minimum atomic E-state index is -0.896. The van der Waals surface area contributed by atoms with Crippen LogP contribution in [0.4, 0.5) is 24.1 Å². The number of ether oxygens (including phenoxy) is 1. The lowest BCUT2D eigenvalue weighted by molar-refractivity contribution is 0.107. The van der Waals surface area contributed by atoms with Crippen molar-refractivity contribution in [3.8, 4) is 17.1 Å². The molecule has 4 fully saturated rings. The van der Waals surface area contributed by atoms with Gasteiger partial charge in [0.1, 0.15) is 29.9 Å². The van der Waals surface area contributed by atoms with Gasteiger partial charge >= 0.3 is 6.01 Å². The van der Waals surface area contributed by atoms with Crippen LogP contribution in [0, 0.1) is 17.6 Å². The highest BCUT2D eigenvalue weighted by atomic mass is 35.5. The summed E-state index contributed by atoms with van der Waals surface area (Å²) >= 11 is 7.78. The molecular formula is C29H29ClF3N7OS. The van der Waals surface area contributed by atoms with Crippen molar-refractivity contribution >= 4 is 55.0 Å². The van der Waals surface area contributed by atoms with Gasteiger partial charge in [0, 0.05) is 55.2 Å².